The predicted molar refractivity (Wildman–Crippen MR) is 157 cm³/mol. The van der Waals surface area contributed by atoms with Gasteiger partial charge in [-0.2, -0.15) is 0 Å². The number of hydrogen-bond donors (Lipinski definition) is 4. The maximum absolute atomic E-state index is 11.6. The first-order valence-electron chi connectivity index (χ1n) is 13.9. The molecule has 8 heteroatoms. The molecule has 4 N–H and O–H groups in total. The van der Waals surface area contributed by atoms with Gasteiger partial charge < -0.3 is 25.3 Å². The lowest BCUT2D eigenvalue weighted by Gasteiger charge is -2.40. The van der Waals surface area contributed by atoms with Crippen LogP contribution in [0.1, 0.15) is 45.3 Å². The van der Waals surface area contributed by atoms with Gasteiger partial charge in [0, 0.05) is 37.2 Å². The van der Waals surface area contributed by atoms with Gasteiger partial charge in [-0.1, -0.05) is 48.0 Å². The molecule has 3 aliphatic rings. The molecule has 2 heterocycles. The van der Waals surface area contributed by atoms with Crippen LogP contribution in [0.3, 0.4) is 0 Å². The largest absolute Gasteiger partial charge is 0.508 e. The van der Waals surface area contributed by atoms with Gasteiger partial charge in [0.2, 0.25) is 0 Å². The molecular weight excluding hydrogens is 540 g/mol. The average Bonchev–Trinajstić information content (AvgIpc) is 3.15. The van der Waals surface area contributed by atoms with Crippen LogP contribution in [-0.4, -0.2) is 57.1 Å². The van der Waals surface area contributed by atoms with Gasteiger partial charge >= 0.3 is 0 Å². The van der Waals surface area contributed by atoms with Crippen molar-refractivity contribution in [2.45, 2.75) is 31.2 Å². The third kappa shape index (κ3) is 4.27. The minimum absolute atomic E-state index is 0.121. The van der Waals surface area contributed by atoms with Crippen LogP contribution in [0.4, 0.5) is 0 Å². The number of phenolic OH excluding ortho intramolecular Hbond substituents is 4. The highest BCUT2D eigenvalue weighted by Crippen LogP contribution is 2.51. The molecule has 210 valence electrons. The highest BCUT2D eigenvalue weighted by molar-refractivity contribution is 6.33. The lowest BCUT2D eigenvalue weighted by molar-refractivity contribution is -0.0593. The van der Waals surface area contributed by atoms with Gasteiger partial charge in [0.25, 0.3) is 0 Å². The Morgan fingerprint density at radius 2 is 1.68 bits per heavy atom. The molecule has 7 nitrogen and oxygen atoms in total. The summed E-state index contributed by atoms with van der Waals surface area (Å²) in [6, 6.07) is 19.0. The zero-order chi connectivity index (χ0) is 28.4. The van der Waals surface area contributed by atoms with Gasteiger partial charge in [0.05, 0.1) is 5.02 Å². The minimum atomic E-state index is -0.341. The molecule has 7 rings (SSSR count). The van der Waals surface area contributed by atoms with Crippen LogP contribution in [0, 0.1) is 0 Å². The van der Waals surface area contributed by atoms with Crippen LogP contribution >= 0.6 is 11.6 Å². The monoisotopic (exact) mass is 570 g/mol. The van der Waals surface area contributed by atoms with E-state index in [1.165, 1.54) is 11.1 Å². The van der Waals surface area contributed by atoms with E-state index in [2.05, 4.69) is 36.2 Å². The topological polar surface area (TPSA) is 96.6 Å². The summed E-state index contributed by atoms with van der Waals surface area (Å²) in [5, 5.41) is 44.2. The van der Waals surface area contributed by atoms with Crippen LogP contribution in [0.25, 0.3) is 11.1 Å². The van der Waals surface area contributed by atoms with Crippen LogP contribution in [0.15, 0.2) is 60.7 Å². The third-order valence-electron chi connectivity index (χ3n) is 8.96. The van der Waals surface area contributed by atoms with Gasteiger partial charge in [0.15, 0.2) is 23.0 Å². The van der Waals surface area contributed by atoms with E-state index in [1.54, 1.807) is 23.3 Å². The van der Waals surface area contributed by atoms with E-state index in [9.17, 15) is 20.4 Å². The maximum Gasteiger partial charge on any atom is 0.189 e. The Kier molecular flexibility index (Phi) is 6.27. The molecule has 0 spiro atoms. The average molecular weight is 571 g/mol. The van der Waals surface area contributed by atoms with Crippen LogP contribution < -0.4 is 4.84 Å². The highest BCUT2D eigenvalue weighted by atomic mass is 35.5. The predicted octanol–water partition coefficient (Wildman–Crippen LogP) is 5.90. The van der Waals surface area contributed by atoms with E-state index < -0.39 is 0 Å². The zero-order valence-corrected chi connectivity index (χ0v) is 23.4. The van der Waals surface area contributed by atoms with Crippen molar-refractivity contribution in [2.24, 2.45) is 0 Å². The van der Waals surface area contributed by atoms with Crippen molar-refractivity contribution in [2.75, 3.05) is 26.7 Å². The summed E-state index contributed by atoms with van der Waals surface area (Å²) in [4.78, 5) is 8.83. The molecule has 4 aromatic rings. The zero-order valence-electron chi connectivity index (χ0n) is 22.6. The normalized spacial score (nSPS) is 20.0. The molecule has 0 saturated carbocycles. The van der Waals surface area contributed by atoms with Gasteiger partial charge in [-0.15, -0.1) is 5.06 Å². The number of fused-ring (bicyclic) bond motifs is 3. The Morgan fingerprint density at radius 3 is 2.49 bits per heavy atom. The van der Waals surface area contributed by atoms with Crippen LogP contribution in [-0.2, 0) is 19.3 Å². The van der Waals surface area contributed by atoms with Crippen molar-refractivity contribution in [3.63, 3.8) is 0 Å². The third-order valence-corrected chi connectivity index (χ3v) is 9.36. The van der Waals surface area contributed by atoms with Crippen molar-refractivity contribution in [3.05, 3.63) is 99.1 Å². The number of benzene rings is 4. The highest BCUT2D eigenvalue weighted by Gasteiger charge is 2.35. The fourth-order valence-electron chi connectivity index (χ4n) is 6.83. The number of hydrogen-bond acceptors (Lipinski definition) is 7. The summed E-state index contributed by atoms with van der Waals surface area (Å²) >= 11 is 6.53. The number of aromatic hydroxyl groups is 4. The summed E-state index contributed by atoms with van der Waals surface area (Å²) in [6.07, 6.45) is 2.28. The van der Waals surface area contributed by atoms with Crippen molar-refractivity contribution in [3.8, 4) is 39.9 Å². The molecule has 0 radical (unpaired) electrons. The molecular formula is C33H31ClN2O5. The Morgan fingerprint density at radius 1 is 0.878 bits per heavy atom. The van der Waals surface area contributed by atoms with Crippen molar-refractivity contribution in [1.29, 1.82) is 0 Å². The van der Waals surface area contributed by atoms with Gasteiger partial charge in [-0.25, -0.2) is 0 Å². The smallest absolute Gasteiger partial charge is 0.189 e. The number of rotatable bonds is 3. The lowest BCUT2D eigenvalue weighted by atomic mass is 9.77. The number of phenols is 4. The minimum Gasteiger partial charge on any atom is -0.508 e. The van der Waals surface area contributed by atoms with Crippen molar-refractivity contribution >= 4 is 11.6 Å². The molecule has 0 bridgehead atoms. The van der Waals surface area contributed by atoms with Gasteiger partial charge in [-0.05, 0) is 89.5 Å². The molecule has 4 aromatic carbocycles. The second kappa shape index (κ2) is 9.87. The van der Waals surface area contributed by atoms with E-state index in [0.29, 0.717) is 31.3 Å². The molecule has 0 fully saturated rings. The first kappa shape index (κ1) is 26.0. The fraction of sp³-hybridized carbons (Fsp3) is 0.273. The second-order valence-electron chi connectivity index (χ2n) is 11.3. The van der Waals surface area contributed by atoms with Crippen LogP contribution in [0.5, 0.6) is 28.7 Å². The van der Waals surface area contributed by atoms with Crippen molar-refractivity contribution < 1.29 is 25.3 Å². The van der Waals surface area contributed by atoms with E-state index in [1.807, 2.05) is 18.2 Å². The van der Waals surface area contributed by atoms with E-state index in [4.69, 9.17) is 16.4 Å². The first-order valence-corrected chi connectivity index (χ1v) is 14.3. The van der Waals surface area contributed by atoms with Crippen molar-refractivity contribution in [1.82, 2.24) is 9.96 Å². The quantitative estimate of drug-likeness (QED) is 0.228. The molecule has 41 heavy (non-hydrogen) atoms. The van der Waals surface area contributed by atoms with E-state index >= 15 is 0 Å². The summed E-state index contributed by atoms with van der Waals surface area (Å²) < 4.78 is 0. The number of halogens is 1. The molecule has 0 amide bonds. The summed E-state index contributed by atoms with van der Waals surface area (Å²) in [6.45, 7) is 1.85. The molecule has 2 atom stereocenters. The summed E-state index contributed by atoms with van der Waals surface area (Å²) in [5.74, 6) is -0.261. The Balaban J connectivity index is 1.26. The molecule has 1 unspecified atom stereocenters. The first-order chi connectivity index (χ1) is 19.8. The van der Waals surface area contributed by atoms with Crippen LogP contribution in [0.2, 0.25) is 5.02 Å². The van der Waals surface area contributed by atoms with Gasteiger partial charge in [-0.3, -0.25) is 4.90 Å². The number of nitrogens with zero attached hydrogens (tertiary/aromatic N) is 2. The Bertz CT molecular complexity index is 1670. The van der Waals surface area contributed by atoms with Gasteiger partial charge in [0.1, 0.15) is 5.75 Å². The van der Waals surface area contributed by atoms with E-state index in [-0.39, 0.29) is 33.9 Å². The Hall–Kier alpha value is -3.91. The second-order valence-corrected chi connectivity index (χ2v) is 11.7. The summed E-state index contributed by atoms with van der Waals surface area (Å²) in [5.41, 5.74) is 8.03. The molecule has 2 aliphatic heterocycles. The molecule has 0 aromatic heterocycles. The number of hydroxylamine groups is 2. The van der Waals surface area contributed by atoms with E-state index in [0.717, 1.165) is 52.8 Å². The standard InChI is InChI=1S/C33H31ClN2O5/c1-35-13-11-19-3-2-4-23-29(19)26(35)15-20-7-10-28(33(40)30(20)23)41-36-14-12-22-24(16-27(38)32(39)31(22)34)25(17-36)18-5-8-21(37)9-6-18/h2-10,16,25-26,37-40H,11-15,17H2,1H3/t25?,26-/m1/s1. The Labute approximate surface area is 243 Å². The lowest BCUT2D eigenvalue weighted by Crippen LogP contribution is -2.35. The molecule has 1 aliphatic carbocycles. The molecule has 0 saturated heterocycles. The maximum atomic E-state index is 11.6. The summed E-state index contributed by atoms with van der Waals surface area (Å²) in [7, 11) is 2.17. The number of likely N-dealkylation sites (N-methyl/N-ethyl adjacent to an activating group) is 1. The SMILES string of the molecule is CN1CCc2cccc3c2[C@H]1Cc1ccc(ON2CCc4c(cc(O)c(O)c4Cl)C(c4ccc(O)cc4)C2)c(O)c1-3. The fourth-order valence-corrected chi connectivity index (χ4v) is 7.13.